The first-order valence-corrected chi connectivity index (χ1v) is 5.33. The van der Waals surface area contributed by atoms with Gasteiger partial charge in [0.1, 0.15) is 17.3 Å². The van der Waals surface area contributed by atoms with E-state index in [-0.39, 0.29) is 11.4 Å². The number of aromatic carboxylic acids is 1. The molecule has 3 nitrogen and oxygen atoms in total. The van der Waals surface area contributed by atoms with Gasteiger partial charge >= 0.3 is 5.97 Å². The molecule has 0 aromatic heterocycles. The van der Waals surface area contributed by atoms with E-state index < -0.39 is 5.97 Å². The van der Waals surface area contributed by atoms with Crippen molar-refractivity contribution in [2.24, 2.45) is 0 Å². The van der Waals surface area contributed by atoms with Crippen molar-refractivity contribution in [3.8, 4) is 11.5 Å². The highest BCUT2D eigenvalue weighted by atomic mass is 19.1. The number of halogens is 1. The van der Waals surface area contributed by atoms with Crippen LogP contribution in [0, 0.1) is 12.7 Å². The lowest BCUT2D eigenvalue weighted by Crippen LogP contribution is -1.95. The molecule has 0 amide bonds. The molecule has 2 aromatic rings. The van der Waals surface area contributed by atoms with Gasteiger partial charge in [0.15, 0.2) is 0 Å². The summed E-state index contributed by atoms with van der Waals surface area (Å²) in [6, 6.07) is 10.3. The molecule has 0 atom stereocenters. The standard InChI is InChI=1S/C14H11FO3/c1-9-8-11(15)4-7-13(9)18-12-5-2-10(3-6-12)14(16)17/h2-8H,1H3,(H,16,17). The highest BCUT2D eigenvalue weighted by Gasteiger charge is 2.05. The second-order valence-electron chi connectivity index (χ2n) is 3.84. The van der Waals surface area contributed by atoms with Crippen molar-refractivity contribution in [2.45, 2.75) is 6.92 Å². The third-order valence-electron chi connectivity index (χ3n) is 2.47. The molecule has 0 bridgehead atoms. The SMILES string of the molecule is Cc1cc(F)ccc1Oc1ccc(C(=O)O)cc1. The number of hydrogen-bond donors (Lipinski definition) is 1. The quantitative estimate of drug-likeness (QED) is 0.899. The minimum atomic E-state index is -0.987. The van der Waals surface area contributed by atoms with Crippen molar-refractivity contribution in [3.63, 3.8) is 0 Å². The largest absolute Gasteiger partial charge is 0.478 e. The fourth-order valence-corrected chi connectivity index (χ4v) is 1.52. The fourth-order valence-electron chi connectivity index (χ4n) is 1.52. The minimum Gasteiger partial charge on any atom is -0.478 e. The number of rotatable bonds is 3. The third kappa shape index (κ3) is 2.66. The van der Waals surface area contributed by atoms with Crippen molar-refractivity contribution in [1.82, 2.24) is 0 Å². The molecule has 0 aliphatic heterocycles. The van der Waals surface area contributed by atoms with E-state index in [1.54, 1.807) is 19.1 Å². The summed E-state index contributed by atoms with van der Waals surface area (Å²) in [5, 5.41) is 8.76. The zero-order valence-electron chi connectivity index (χ0n) is 9.68. The Kier molecular flexibility index (Phi) is 3.28. The molecular weight excluding hydrogens is 235 g/mol. The van der Waals surface area contributed by atoms with Crippen LogP contribution in [0.3, 0.4) is 0 Å². The molecule has 0 aliphatic rings. The normalized spacial score (nSPS) is 10.1. The van der Waals surface area contributed by atoms with Gasteiger partial charge in [0.25, 0.3) is 0 Å². The van der Waals surface area contributed by atoms with Gasteiger partial charge in [0, 0.05) is 0 Å². The van der Waals surface area contributed by atoms with E-state index in [1.165, 1.54) is 30.3 Å². The van der Waals surface area contributed by atoms with E-state index in [2.05, 4.69) is 0 Å². The van der Waals surface area contributed by atoms with Crippen molar-refractivity contribution in [2.75, 3.05) is 0 Å². The highest BCUT2D eigenvalue weighted by molar-refractivity contribution is 5.87. The predicted octanol–water partition coefficient (Wildman–Crippen LogP) is 3.62. The third-order valence-corrected chi connectivity index (χ3v) is 2.47. The van der Waals surface area contributed by atoms with E-state index >= 15 is 0 Å². The number of carboxylic acids is 1. The van der Waals surface area contributed by atoms with Crippen LogP contribution in [0.4, 0.5) is 4.39 Å². The Hall–Kier alpha value is -2.36. The summed E-state index contributed by atoms with van der Waals surface area (Å²) >= 11 is 0. The van der Waals surface area contributed by atoms with Crippen LogP contribution in [-0.4, -0.2) is 11.1 Å². The minimum absolute atomic E-state index is 0.193. The van der Waals surface area contributed by atoms with Crippen LogP contribution < -0.4 is 4.74 Å². The van der Waals surface area contributed by atoms with Crippen molar-refractivity contribution in [1.29, 1.82) is 0 Å². The van der Waals surface area contributed by atoms with Gasteiger partial charge in [-0.3, -0.25) is 0 Å². The monoisotopic (exact) mass is 246 g/mol. The van der Waals surface area contributed by atoms with Gasteiger partial charge < -0.3 is 9.84 Å². The number of ether oxygens (including phenoxy) is 1. The van der Waals surface area contributed by atoms with Crippen molar-refractivity contribution in [3.05, 3.63) is 59.4 Å². The van der Waals surface area contributed by atoms with Crippen LogP contribution >= 0.6 is 0 Å². The van der Waals surface area contributed by atoms with E-state index in [0.29, 0.717) is 17.1 Å². The first kappa shape index (κ1) is 12.1. The van der Waals surface area contributed by atoms with Crippen molar-refractivity contribution >= 4 is 5.97 Å². The number of carbonyl (C=O) groups is 1. The molecule has 0 spiro atoms. The van der Waals surface area contributed by atoms with Crippen LogP contribution in [0.5, 0.6) is 11.5 Å². The first-order chi connectivity index (χ1) is 8.56. The number of benzene rings is 2. The second kappa shape index (κ2) is 4.87. The molecule has 0 unspecified atom stereocenters. The summed E-state index contributed by atoms with van der Waals surface area (Å²) in [5.74, 6) is -0.255. The van der Waals surface area contributed by atoms with E-state index in [1.807, 2.05) is 0 Å². The Bertz CT molecular complexity index is 576. The Morgan fingerprint density at radius 1 is 1.17 bits per heavy atom. The van der Waals surface area contributed by atoms with Crippen LogP contribution in [0.2, 0.25) is 0 Å². The number of carboxylic acid groups (broad SMARTS) is 1. The molecule has 0 fully saturated rings. The number of hydrogen-bond acceptors (Lipinski definition) is 2. The Morgan fingerprint density at radius 2 is 1.83 bits per heavy atom. The zero-order chi connectivity index (χ0) is 13.1. The fraction of sp³-hybridized carbons (Fsp3) is 0.0714. The summed E-state index contributed by atoms with van der Waals surface area (Å²) in [5.41, 5.74) is 0.871. The predicted molar refractivity (Wildman–Crippen MR) is 64.6 cm³/mol. The molecular formula is C14H11FO3. The highest BCUT2D eigenvalue weighted by Crippen LogP contribution is 2.25. The van der Waals surface area contributed by atoms with Crippen molar-refractivity contribution < 1.29 is 19.0 Å². The molecule has 0 radical (unpaired) electrons. The van der Waals surface area contributed by atoms with Crippen LogP contribution in [0.1, 0.15) is 15.9 Å². The average molecular weight is 246 g/mol. The molecule has 0 saturated carbocycles. The summed E-state index contributed by atoms with van der Waals surface area (Å²) in [6.45, 7) is 1.74. The molecule has 1 N–H and O–H groups in total. The Morgan fingerprint density at radius 3 is 2.39 bits per heavy atom. The van der Waals surface area contributed by atoms with Gasteiger partial charge in [0.2, 0.25) is 0 Å². The molecule has 2 aromatic carbocycles. The van der Waals surface area contributed by atoms with E-state index in [0.717, 1.165) is 0 Å². The van der Waals surface area contributed by atoms with E-state index in [9.17, 15) is 9.18 Å². The molecule has 0 aliphatic carbocycles. The van der Waals surface area contributed by atoms with Gasteiger partial charge in [-0.15, -0.1) is 0 Å². The molecule has 92 valence electrons. The van der Waals surface area contributed by atoms with Gasteiger partial charge in [-0.05, 0) is 55.0 Å². The summed E-state index contributed by atoms with van der Waals surface area (Å²) in [6.07, 6.45) is 0. The molecule has 0 saturated heterocycles. The van der Waals surface area contributed by atoms with Crippen LogP contribution in [-0.2, 0) is 0 Å². The topological polar surface area (TPSA) is 46.5 Å². The summed E-state index contributed by atoms with van der Waals surface area (Å²) < 4.78 is 18.4. The van der Waals surface area contributed by atoms with Gasteiger partial charge in [0.05, 0.1) is 5.56 Å². The average Bonchev–Trinajstić information content (AvgIpc) is 2.33. The maximum atomic E-state index is 12.9. The summed E-state index contributed by atoms with van der Waals surface area (Å²) in [7, 11) is 0. The first-order valence-electron chi connectivity index (χ1n) is 5.33. The molecule has 18 heavy (non-hydrogen) atoms. The lowest BCUT2D eigenvalue weighted by molar-refractivity contribution is 0.0697. The Balaban J connectivity index is 2.21. The lowest BCUT2D eigenvalue weighted by Gasteiger charge is -2.08. The van der Waals surface area contributed by atoms with Gasteiger partial charge in [-0.2, -0.15) is 0 Å². The molecule has 0 heterocycles. The maximum Gasteiger partial charge on any atom is 0.335 e. The lowest BCUT2D eigenvalue weighted by atomic mass is 10.2. The van der Waals surface area contributed by atoms with Crippen LogP contribution in [0.15, 0.2) is 42.5 Å². The van der Waals surface area contributed by atoms with Gasteiger partial charge in [-0.1, -0.05) is 0 Å². The summed E-state index contributed by atoms with van der Waals surface area (Å²) in [4.78, 5) is 10.7. The van der Waals surface area contributed by atoms with E-state index in [4.69, 9.17) is 9.84 Å². The second-order valence-corrected chi connectivity index (χ2v) is 3.84. The smallest absolute Gasteiger partial charge is 0.335 e. The molecule has 4 heteroatoms. The molecule has 2 rings (SSSR count). The maximum absolute atomic E-state index is 12.9. The number of aryl methyl sites for hydroxylation is 1. The van der Waals surface area contributed by atoms with Crippen LogP contribution in [0.25, 0.3) is 0 Å². The van der Waals surface area contributed by atoms with Gasteiger partial charge in [-0.25, -0.2) is 9.18 Å². The Labute approximate surface area is 103 Å². The zero-order valence-corrected chi connectivity index (χ0v) is 9.68.